The van der Waals surface area contributed by atoms with Crippen LogP contribution in [-0.2, 0) is 4.74 Å². The largest absolute Gasteiger partial charge is 0.374 e. The molecule has 0 bridgehead atoms. The van der Waals surface area contributed by atoms with Gasteiger partial charge >= 0.3 is 0 Å². The first-order chi connectivity index (χ1) is 9.22. The van der Waals surface area contributed by atoms with Gasteiger partial charge in [0.05, 0.1) is 24.4 Å². The quantitative estimate of drug-likeness (QED) is 0.822. The van der Waals surface area contributed by atoms with Crippen molar-refractivity contribution in [2.75, 3.05) is 33.3 Å². The molecule has 4 heteroatoms. The van der Waals surface area contributed by atoms with Crippen molar-refractivity contribution in [1.29, 1.82) is 0 Å². The summed E-state index contributed by atoms with van der Waals surface area (Å²) >= 11 is 0. The number of ether oxygens (including phenoxy) is 1. The number of nitrogens with one attached hydrogen (secondary N) is 1. The molecule has 0 radical (unpaired) electrons. The van der Waals surface area contributed by atoms with E-state index in [0.29, 0.717) is 0 Å². The van der Waals surface area contributed by atoms with E-state index in [-0.39, 0.29) is 12.1 Å². The molecule has 1 aliphatic rings. The van der Waals surface area contributed by atoms with Crippen molar-refractivity contribution in [2.45, 2.75) is 32.4 Å². The van der Waals surface area contributed by atoms with Crippen molar-refractivity contribution in [2.24, 2.45) is 0 Å². The van der Waals surface area contributed by atoms with E-state index in [2.05, 4.69) is 48.2 Å². The second kappa shape index (κ2) is 6.98. The molecule has 19 heavy (non-hydrogen) atoms. The molecule has 4 nitrogen and oxygen atoms in total. The fraction of sp³-hybridized carbons (Fsp3) is 0.667. The van der Waals surface area contributed by atoms with Crippen LogP contribution in [-0.4, -0.2) is 49.3 Å². The normalized spacial score (nSPS) is 24.6. The molecular formula is C15H25N3O. The molecule has 0 aliphatic carbocycles. The van der Waals surface area contributed by atoms with Gasteiger partial charge in [-0.3, -0.25) is 9.88 Å². The van der Waals surface area contributed by atoms with E-state index in [9.17, 15) is 0 Å². The van der Waals surface area contributed by atoms with Crippen LogP contribution in [0, 0.1) is 6.92 Å². The van der Waals surface area contributed by atoms with E-state index in [1.807, 2.05) is 6.20 Å². The molecule has 2 heterocycles. The van der Waals surface area contributed by atoms with E-state index in [1.54, 1.807) is 0 Å². The molecule has 0 spiro atoms. The fourth-order valence-corrected chi connectivity index (χ4v) is 2.52. The number of nitrogens with zero attached hydrogens (tertiary/aromatic N) is 2. The van der Waals surface area contributed by atoms with Crippen molar-refractivity contribution in [1.82, 2.24) is 15.2 Å². The third kappa shape index (κ3) is 3.75. The van der Waals surface area contributed by atoms with Gasteiger partial charge in [-0.2, -0.15) is 0 Å². The molecule has 2 unspecified atom stereocenters. The minimum Gasteiger partial charge on any atom is -0.374 e. The lowest BCUT2D eigenvalue weighted by Crippen LogP contribution is -2.47. The maximum absolute atomic E-state index is 5.95. The maximum atomic E-state index is 5.95. The molecule has 0 amide bonds. The molecule has 1 fully saturated rings. The molecule has 2 atom stereocenters. The topological polar surface area (TPSA) is 37.4 Å². The zero-order chi connectivity index (χ0) is 13.7. The zero-order valence-corrected chi connectivity index (χ0v) is 12.2. The average Bonchev–Trinajstić information content (AvgIpc) is 2.41. The van der Waals surface area contributed by atoms with Gasteiger partial charge in [0.25, 0.3) is 0 Å². The Kier molecular flexibility index (Phi) is 5.31. The van der Waals surface area contributed by atoms with Crippen molar-refractivity contribution < 1.29 is 4.74 Å². The molecule has 1 aromatic rings. The van der Waals surface area contributed by atoms with Crippen LogP contribution in [0.15, 0.2) is 18.3 Å². The van der Waals surface area contributed by atoms with Gasteiger partial charge in [-0.1, -0.05) is 13.0 Å². The Hall–Kier alpha value is -0.970. The predicted molar refractivity (Wildman–Crippen MR) is 77.2 cm³/mol. The van der Waals surface area contributed by atoms with Gasteiger partial charge in [-0.15, -0.1) is 0 Å². The Balaban J connectivity index is 2.09. The molecule has 1 aliphatic heterocycles. The second-order valence-electron chi connectivity index (χ2n) is 5.30. The van der Waals surface area contributed by atoms with Crippen LogP contribution >= 0.6 is 0 Å². The van der Waals surface area contributed by atoms with Crippen LogP contribution in [0.25, 0.3) is 0 Å². The van der Waals surface area contributed by atoms with E-state index >= 15 is 0 Å². The zero-order valence-electron chi connectivity index (χ0n) is 12.2. The summed E-state index contributed by atoms with van der Waals surface area (Å²) in [5.74, 6) is 0. The summed E-state index contributed by atoms with van der Waals surface area (Å²) in [4.78, 5) is 6.93. The average molecular weight is 263 g/mol. The van der Waals surface area contributed by atoms with Crippen LogP contribution in [0.1, 0.15) is 30.6 Å². The standard InChI is InChI=1S/C15H25N3O/c1-4-7-16-11-14-15(18(3)8-9-19-14)13-6-5-12(2)10-17-13/h5-6,10,14-16H,4,7-9,11H2,1-3H3. The van der Waals surface area contributed by atoms with Gasteiger partial charge in [-0.05, 0) is 38.6 Å². The summed E-state index contributed by atoms with van der Waals surface area (Å²) in [6.45, 7) is 7.94. The van der Waals surface area contributed by atoms with Gasteiger partial charge in [0, 0.05) is 19.3 Å². The van der Waals surface area contributed by atoms with Gasteiger partial charge in [0.1, 0.15) is 0 Å². The Morgan fingerprint density at radius 3 is 3.00 bits per heavy atom. The number of hydrogen-bond acceptors (Lipinski definition) is 4. The fourth-order valence-electron chi connectivity index (χ4n) is 2.52. The van der Waals surface area contributed by atoms with Crippen molar-refractivity contribution in [3.8, 4) is 0 Å². The number of pyridine rings is 1. The summed E-state index contributed by atoms with van der Waals surface area (Å²) in [6, 6.07) is 4.50. The highest BCUT2D eigenvalue weighted by Gasteiger charge is 2.31. The number of aromatic nitrogens is 1. The van der Waals surface area contributed by atoms with Crippen LogP contribution in [0.5, 0.6) is 0 Å². The lowest BCUT2D eigenvalue weighted by molar-refractivity contribution is -0.0626. The van der Waals surface area contributed by atoms with E-state index in [0.717, 1.165) is 38.4 Å². The monoisotopic (exact) mass is 263 g/mol. The minimum absolute atomic E-state index is 0.181. The number of rotatable bonds is 5. The smallest absolute Gasteiger partial charge is 0.0911 e. The first-order valence-corrected chi connectivity index (χ1v) is 7.17. The van der Waals surface area contributed by atoms with Crippen molar-refractivity contribution in [3.63, 3.8) is 0 Å². The molecule has 106 valence electrons. The van der Waals surface area contributed by atoms with Crippen LogP contribution in [0.2, 0.25) is 0 Å². The Labute approximate surface area is 116 Å². The first-order valence-electron chi connectivity index (χ1n) is 7.17. The maximum Gasteiger partial charge on any atom is 0.0911 e. The Morgan fingerprint density at radius 1 is 1.47 bits per heavy atom. The van der Waals surface area contributed by atoms with Crippen LogP contribution in [0.3, 0.4) is 0 Å². The summed E-state index contributed by atoms with van der Waals surface area (Å²) in [7, 11) is 2.15. The van der Waals surface area contributed by atoms with Gasteiger partial charge in [0.15, 0.2) is 0 Å². The van der Waals surface area contributed by atoms with E-state index in [4.69, 9.17) is 4.74 Å². The van der Waals surface area contributed by atoms with Crippen LogP contribution in [0.4, 0.5) is 0 Å². The number of likely N-dealkylation sites (N-methyl/N-ethyl adjacent to an activating group) is 1. The van der Waals surface area contributed by atoms with E-state index < -0.39 is 0 Å². The molecule has 2 rings (SSSR count). The van der Waals surface area contributed by atoms with Gasteiger partial charge in [0.2, 0.25) is 0 Å². The highest BCUT2D eigenvalue weighted by molar-refractivity contribution is 5.17. The third-order valence-electron chi connectivity index (χ3n) is 3.61. The van der Waals surface area contributed by atoms with E-state index in [1.165, 1.54) is 5.56 Å². The molecule has 1 aromatic heterocycles. The molecule has 1 saturated heterocycles. The second-order valence-corrected chi connectivity index (χ2v) is 5.30. The first kappa shape index (κ1) is 14.4. The number of morpholine rings is 1. The Morgan fingerprint density at radius 2 is 2.32 bits per heavy atom. The van der Waals surface area contributed by atoms with Crippen LogP contribution < -0.4 is 5.32 Å². The highest BCUT2D eigenvalue weighted by atomic mass is 16.5. The minimum atomic E-state index is 0.181. The summed E-state index contributed by atoms with van der Waals surface area (Å²) < 4.78 is 5.95. The third-order valence-corrected chi connectivity index (χ3v) is 3.61. The summed E-state index contributed by atoms with van der Waals surface area (Å²) in [6.07, 6.45) is 3.27. The SMILES string of the molecule is CCCNCC1OCCN(C)C1c1ccc(C)cn1. The number of aryl methyl sites for hydroxylation is 1. The molecule has 0 saturated carbocycles. The van der Waals surface area contributed by atoms with Crippen molar-refractivity contribution >= 4 is 0 Å². The molecular weight excluding hydrogens is 238 g/mol. The van der Waals surface area contributed by atoms with Gasteiger partial charge < -0.3 is 10.1 Å². The van der Waals surface area contributed by atoms with Gasteiger partial charge in [-0.25, -0.2) is 0 Å². The molecule has 0 aromatic carbocycles. The predicted octanol–water partition coefficient (Wildman–Crippen LogP) is 1.76. The summed E-state index contributed by atoms with van der Waals surface area (Å²) in [5, 5.41) is 3.46. The molecule has 1 N–H and O–H groups in total. The summed E-state index contributed by atoms with van der Waals surface area (Å²) in [5.41, 5.74) is 2.31. The number of hydrogen-bond donors (Lipinski definition) is 1. The highest BCUT2D eigenvalue weighted by Crippen LogP contribution is 2.26. The lowest BCUT2D eigenvalue weighted by Gasteiger charge is -2.39. The lowest BCUT2D eigenvalue weighted by atomic mass is 10.0. The van der Waals surface area contributed by atoms with Crippen molar-refractivity contribution in [3.05, 3.63) is 29.6 Å². The Bertz CT molecular complexity index is 379.